The molecule has 1 fully saturated rings. The molecule has 2 aliphatic rings. The van der Waals surface area contributed by atoms with Gasteiger partial charge in [-0.2, -0.15) is 0 Å². The van der Waals surface area contributed by atoms with Crippen molar-refractivity contribution >= 4 is 34.2 Å². The van der Waals surface area contributed by atoms with Crippen LogP contribution in [0.3, 0.4) is 0 Å². The molecular formula is C21H29NO5S. The fraction of sp³-hybridized carbons (Fsp3) is 0.667. The smallest absolute Gasteiger partial charge is 0.341 e. The van der Waals surface area contributed by atoms with E-state index < -0.39 is 17.8 Å². The van der Waals surface area contributed by atoms with Gasteiger partial charge in [-0.3, -0.25) is 9.59 Å². The summed E-state index contributed by atoms with van der Waals surface area (Å²) in [5, 5.41) is 12.9. The number of ether oxygens (including phenoxy) is 1. The zero-order valence-electron chi connectivity index (χ0n) is 16.6. The van der Waals surface area contributed by atoms with Gasteiger partial charge in [0, 0.05) is 4.88 Å². The maximum Gasteiger partial charge on any atom is 0.341 e. The van der Waals surface area contributed by atoms with Gasteiger partial charge >= 0.3 is 11.9 Å². The fourth-order valence-corrected chi connectivity index (χ4v) is 5.67. The summed E-state index contributed by atoms with van der Waals surface area (Å²) >= 11 is 1.45. The van der Waals surface area contributed by atoms with Crippen molar-refractivity contribution in [1.29, 1.82) is 0 Å². The zero-order valence-corrected chi connectivity index (χ0v) is 17.4. The molecule has 0 aromatic carbocycles. The summed E-state index contributed by atoms with van der Waals surface area (Å²) in [5.74, 6) is -2.25. The molecule has 1 saturated carbocycles. The molecule has 2 aliphatic carbocycles. The van der Waals surface area contributed by atoms with Crippen molar-refractivity contribution in [2.45, 2.75) is 65.2 Å². The summed E-state index contributed by atoms with van der Waals surface area (Å²) in [6.45, 7) is 4.47. The summed E-state index contributed by atoms with van der Waals surface area (Å²) in [7, 11) is 0. The van der Waals surface area contributed by atoms with Crippen LogP contribution in [0.25, 0.3) is 0 Å². The van der Waals surface area contributed by atoms with Gasteiger partial charge in [-0.25, -0.2) is 4.79 Å². The van der Waals surface area contributed by atoms with Crippen molar-refractivity contribution in [3.63, 3.8) is 0 Å². The number of rotatable bonds is 6. The van der Waals surface area contributed by atoms with Crippen molar-refractivity contribution in [2.24, 2.45) is 17.8 Å². The Morgan fingerprint density at radius 3 is 2.57 bits per heavy atom. The largest absolute Gasteiger partial charge is 0.481 e. The van der Waals surface area contributed by atoms with Crippen LogP contribution in [0.15, 0.2) is 0 Å². The summed E-state index contributed by atoms with van der Waals surface area (Å²) in [6, 6.07) is 0. The number of nitrogens with one attached hydrogen (secondary N) is 1. The molecule has 1 aromatic heterocycles. The van der Waals surface area contributed by atoms with E-state index in [1.54, 1.807) is 0 Å². The maximum absolute atomic E-state index is 12.9. The van der Waals surface area contributed by atoms with Gasteiger partial charge < -0.3 is 15.2 Å². The minimum Gasteiger partial charge on any atom is -0.481 e. The fourth-order valence-electron chi connectivity index (χ4n) is 4.27. The molecule has 1 aromatic rings. The van der Waals surface area contributed by atoms with E-state index >= 15 is 0 Å². The number of esters is 1. The van der Waals surface area contributed by atoms with Crippen LogP contribution in [0.2, 0.25) is 0 Å². The Bertz CT molecular complexity index is 756. The predicted octanol–water partition coefficient (Wildman–Crippen LogP) is 4.27. The molecule has 7 heteroatoms. The number of carbonyl (C=O) groups is 3. The first-order valence-electron chi connectivity index (χ1n) is 10.3. The highest BCUT2D eigenvalue weighted by Crippen LogP contribution is 2.41. The molecule has 3 rings (SSSR count). The van der Waals surface area contributed by atoms with E-state index in [4.69, 9.17) is 4.74 Å². The maximum atomic E-state index is 12.9. The van der Waals surface area contributed by atoms with Crippen molar-refractivity contribution in [2.75, 3.05) is 11.9 Å². The highest BCUT2D eigenvalue weighted by atomic mass is 32.1. The van der Waals surface area contributed by atoms with Crippen molar-refractivity contribution in [3.05, 3.63) is 16.0 Å². The number of carbonyl (C=O) groups excluding carboxylic acids is 2. The minimum atomic E-state index is -0.915. The molecule has 1 heterocycles. The standard InChI is InChI=1S/C21H29NO5S/c1-3-10-27-21(26)17-15-9-8-12(2)11-16(15)28-19(17)22-18(23)13-6-4-5-7-14(13)20(24)25/h12-14H,3-11H2,1-2H3,(H,22,23)(H,24,25)/t12-,13+,14+/m0/s1. The molecule has 1 amide bonds. The Labute approximate surface area is 169 Å². The number of carboxylic acids is 1. The summed E-state index contributed by atoms with van der Waals surface area (Å²) in [5.41, 5.74) is 1.48. The predicted molar refractivity (Wildman–Crippen MR) is 108 cm³/mol. The Hall–Kier alpha value is -1.89. The lowest BCUT2D eigenvalue weighted by molar-refractivity contribution is -0.147. The van der Waals surface area contributed by atoms with E-state index in [0.29, 0.717) is 35.9 Å². The number of thiophene rings is 1. The Kier molecular flexibility index (Phi) is 6.75. The van der Waals surface area contributed by atoms with Gasteiger partial charge in [-0.1, -0.05) is 26.7 Å². The van der Waals surface area contributed by atoms with E-state index in [2.05, 4.69) is 12.2 Å². The van der Waals surface area contributed by atoms with E-state index in [1.165, 1.54) is 11.3 Å². The van der Waals surface area contributed by atoms with Gasteiger partial charge in [0.25, 0.3) is 0 Å². The lowest BCUT2D eigenvalue weighted by Gasteiger charge is -2.27. The lowest BCUT2D eigenvalue weighted by Crippen LogP contribution is -2.36. The van der Waals surface area contributed by atoms with Crippen molar-refractivity contribution in [3.8, 4) is 0 Å². The Morgan fingerprint density at radius 2 is 1.89 bits per heavy atom. The molecule has 0 radical (unpaired) electrons. The second-order valence-corrected chi connectivity index (χ2v) is 9.12. The first kappa shape index (κ1) is 20.8. The number of anilines is 1. The number of amides is 1. The summed E-state index contributed by atoms with van der Waals surface area (Å²) in [4.78, 5) is 38.3. The van der Waals surface area contributed by atoms with Crippen LogP contribution >= 0.6 is 11.3 Å². The van der Waals surface area contributed by atoms with Crippen LogP contribution in [-0.4, -0.2) is 29.6 Å². The highest BCUT2D eigenvalue weighted by molar-refractivity contribution is 7.17. The Balaban J connectivity index is 1.87. The third kappa shape index (κ3) is 4.40. The molecule has 6 nitrogen and oxygen atoms in total. The topological polar surface area (TPSA) is 92.7 Å². The first-order valence-corrected chi connectivity index (χ1v) is 11.1. The molecule has 0 spiro atoms. The molecule has 0 bridgehead atoms. The molecule has 0 saturated heterocycles. The van der Waals surface area contributed by atoms with Gasteiger partial charge in [0.2, 0.25) is 5.91 Å². The number of hydrogen-bond donors (Lipinski definition) is 2. The van der Waals surface area contributed by atoms with Crippen molar-refractivity contribution < 1.29 is 24.2 Å². The van der Waals surface area contributed by atoms with Gasteiger partial charge in [0.15, 0.2) is 0 Å². The van der Waals surface area contributed by atoms with Crippen LogP contribution in [0.5, 0.6) is 0 Å². The SMILES string of the molecule is CCCOC(=O)c1c(NC(=O)[C@@H]2CCCC[C@H]2C(=O)O)sc2c1CC[C@H](C)C2. The quantitative estimate of drug-likeness (QED) is 0.687. The number of fused-ring (bicyclic) bond motifs is 1. The molecule has 0 unspecified atom stereocenters. The molecule has 2 N–H and O–H groups in total. The van der Waals surface area contributed by atoms with Crippen LogP contribution in [0.4, 0.5) is 5.00 Å². The number of aliphatic carboxylic acids is 1. The van der Waals surface area contributed by atoms with E-state index in [0.717, 1.165) is 49.0 Å². The van der Waals surface area contributed by atoms with Crippen LogP contribution < -0.4 is 5.32 Å². The molecule has 154 valence electrons. The van der Waals surface area contributed by atoms with Crippen LogP contribution in [-0.2, 0) is 27.2 Å². The molecule has 0 aliphatic heterocycles. The monoisotopic (exact) mass is 407 g/mol. The van der Waals surface area contributed by atoms with Gasteiger partial charge in [0.1, 0.15) is 5.00 Å². The summed E-state index contributed by atoms with van der Waals surface area (Å²) < 4.78 is 5.38. The normalized spacial score (nSPS) is 24.3. The second-order valence-electron chi connectivity index (χ2n) is 8.02. The Morgan fingerprint density at radius 1 is 1.18 bits per heavy atom. The van der Waals surface area contributed by atoms with E-state index in [-0.39, 0.29) is 11.9 Å². The van der Waals surface area contributed by atoms with Crippen LogP contribution in [0.1, 0.15) is 73.2 Å². The van der Waals surface area contributed by atoms with Gasteiger partial charge in [-0.15, -0.1) is 11.3 Å². The minimum absolute atomic E-state index is 0.289. The van der Waals surface area contributed by atoms with Crippen LogP contribution in [0, 0.1) is 17.8 Å². The number of hydrogen-bond acceptors (Lipinski definition) is 5. The summed E-state index contributed by atoms with van der Waals surface area (Å²) in [6.07, 6.45) is 6.23. The lowest BCUT2D eigenvalue weighted by atomic mass is 9.78. The van der Waals surface area contributed by atoms with E-state index in [9.17, 15) is 19.5 Å². The average molecular weight is 408 g/mol. The molecule has 3 atom stereocenters. The molecule has 28 heavy (non-hydrogen) atoms. The zero-order chi connectivity index (χ0) is 20.3. The average Bonchev–Trinajstić information content (AvgIpc) is 3.02. The van der Waals surface area contributed by atoms with E-state index in [1.807, 2.05) is 6.92 Å². The van der Waals surface area contributed by atoms with Gasteiger partial charge in [-0.05, 0) is 50.0 Å². The second kappa shape index (κ2) is 9.07. The highest BCUT2D eigenvalue weighted by Gasteiger charge is 2.37. The van der Waals surface area contributed by atoms with Gasteiger partial charge in [0.05, 0.1) is 24.0 Å². The third-order valence-corrected chi connectivity index (χ3v) is 6.98. The third-order valence-electron chi connectivity index (χ3n) is 5.81. The van der Waals surface area contributed by atoms with Crippen molar-refractivity contribution in [1.82, 2.24) is 0 Å². The molecular weight excluding hydrogens is 378 g/mol. The first-order chi connectivity index (χ1) is 13.4. The number of carboxylic acid groups (broad SMARTS) is 1.